The highest BCUT2D eigenvalue weighted by Gasteiger charge is 2.29. The number of sulfonamides is 1. The number of carboxylic acid groups (broad SMARTS) is 1. The summed E-state index contributed by atoms with van der Waals surface area (Å²) in [5.74, 6) is -1.16. The Labute approximate surface area is 117 Å². The Kier molecular flexibility index (Phi) is 5.42. The first kappa shape index (κ1) is 16.8. The lowest BCUT2D eigenvalue weighted by Crippen LogP contribution is -2.26. The fraction of sp³-hybridized carbons (Fsp3) is 0.300. The lowest BCUT2D eigenvalue weighted by molar-refractivity contribution is -0.136. The van der Waals surface area contributed by atoms with Gasteiger partial charge in [-0.2, -0.15) is 13.2 Å². The predicted octanol–water partition coefficient (Wildman–Crippen LogP) is 2.05. The van der Waals surface area contributed by atoms with Crippen LogP contribution in [-0.4, -0.2) is 31.5 Å². The lowest BCUT2D eigenvalue weighted by atomic mass is 10.4. The summed E-state index contributed by atoms with van der Waals surface area (Å²) in [5, 5.41) is 8.38. The van der Waals surface area contributed by atoms with Crippen LogP contribution in [-0.2, 0) is 14.8 Å². The van der Waals surface area contributed by atoms with Crippen LogP contribution in [0.25, 0.3) is 0 Å². The normalized spacial score (nSPS) is 12.3. The highest BCUT2D eigenvalue weighted by atomic mass is 32.2. The lowest BCUT2D eigenvalue weighted by Gasteiger charge is -2.08. The van der Waals surface area contributed by atoms with Crippen molar-refractivity contribution in [3.8, 4) is 0 Å². The summed E-state index contributed by atoms with van der Waals surface area (Å²) < 4.78 is 61.7. The van der Waals surface area contributed by atoms with E-state index in [9.17, 15) is 26.4 Å². The van der Waals surface area contributed by atoms with E-state index in [1.165, 1.54) is 0 Å². The van der Waals surface area contributed by atoms with Crippen LogP contribution in [0.5, 0.6) is 0 Å². The second-order valence-electron chi connectivity index (χ2n) is 3.56. The summed E-state index contributed by atoms with van der Waals surface area (Å²) in [7, 11) is -3.92. The molecule has 2 N–H and O–H groups in total. The molecule has 0 aliphatic carbocycles. The van der Waals surface area contributed by atoms with Gasteiger partial charge in [0, 0.05) is 11.4 Å². The second kappa shape index (κ2) is 6.46. The van der Waals surface area contributed by atoms with Gasteiger partial charge in [-0.25, -0.2) is 13.1 Å². The van der Waals surface area contributed by atoms with E-state index in [2.05, 4.69) is 0 Å². The molecule has 0 unspecified atom stereocenters. The molecule has 20 heavy (non-hydrogen) atoms. The number of nitrogens with one attached hydrogen (secondary N) is 1. The molecule has 0 atom stereocenters. The Morgan fingerprint density at radius 2 is 1.80 bits per heavy atom. The van der Waals surface area contributed by atoms with Gasteiger partial charge in [0.1, 0.15) is 0 Å². The fourth-order valence-electron chi connectivity index (χ4n) is 1.20. The van der Waals surface area contributed by atoms with Gasteiger partial charge in [0.2, 0.25) is 10.0 Å². The van der Waals surface area contributed by atoms with E-state index in [4.69, 9.17) is 5.11 Å². The number of halogens is 3. The third-order valence-corrected chi connectivity index (χ3v) is 4.21. The minimum atomic E-state index is -4.44. The number of alkyl halides is 3. The van der Waals surface area contributed by atoms with Crippen LogP contribution in [0.2, 0.25) is 0 Å². The van der Waals surface area contributed by atoms with Crippen molar-refractivity contribution >= 4 is 27.8 Å². The zero-order valence-electron chi connectivity index (χ0n) is 9.85. The maximum atomic E-state index is 12.1. The first-order valence-electron chi connectivity index (χ1n) is 5.17. The molecule has 0 saturated heterocycles. The van der Waals surface area contributed by atoms with Gasteiger partial charge < -0.3 is 5.11 Å². The van der Waals surface area contributed by atoms with E-state index in [0.29, 0.717) is 0 Å². The van der Waals surface area contributed by atoms with E-state index in [-0.39, 0.29) is 34.5 Å². The molecule has 0 radical (unpaired) electrons. The first-order valence-corrected chi connectivity index (χ1v) is 7.47. The van der Waals surface area contributed by atoms with E-state index in [1.807, 2.05) is 4.72 Å². The fourth-order valence-corrected chi connectivity index (χ4v) is 2.77. The molecular weight excluding hydrogens is 319 g/mol. The van der Waals surface area contributed by atoms with Crippen molar-refractivity contribution in [2.45, 2.75) is 21.7 Å². The maximum Gasteiger partial charge on any atom is 0.446 e. The van der Waals surface area contributed by atoms with Crippen LogP contribution in [0.15, 0.2) is 34.1 Å². The van der Waals surface area contributed by atoms with Crippen molar-refractivity contribution in [2.75, 3.05) is 6.54 Å². The van der Waals surface area contributed by atoms with Gasteiger partial charge in [0.05, 0.1) is 11.3 Å². The first-order chi connectivity index (χ1) is 9.10. The maximum absolute atomic E-state index is 12.1. The molecule has 0 saturated carbocycles. The Bertz CT molecular complexity index is 569. The molecule has 0 heterocycles. The van der Waals surface area contributed by atoms with Crippen LogP contribution in [0.1, 0.15) is 6.42 Å². The van der Waals surface area contributed by atoms with Crippen LogP contribution in [0.4, 0.5) is 13.2 Å². The van der Waals surface area contributed by atoms with E-state index in [0.717, 1.165) is 24.3 Å². The minimum Gasteiger partial charge on any atom is -0.481 e. The average molecular weight is 329 g/mol. The zero-order valence-corrected chi connectivity index (χ0v) is 11.5. The smallest absolute Gasteiger partial charge is 0.446 e. The Hall–Kier alpha value is -1.26. The van der Waals surface area contributed by atoms with Crippen LogP contribution >= 0.6 is 11.8 Å². The van der Waals surface area contributed by atoms with Crippen LogP contribution < -0.4 is 4.72 Å². The largest absolute Gasteiger partial charge is 0.481 e. The molecule has 5 nitrogen and oxygen atoms in total. The van der Waals surface area contributed by atoms with Gasteiger partial charge in [-0.1, -0.05) is 0 Å². The van der Waals surface area contributed by atoms with Crippen molar-refractivity contribution in [3.05, 3.63) is 24.3 Å². The summed E-state index contributed by atoms with van der Waals surface area (Å²) in [5.41, 5.74) is -4.44. The molecule has 10 heteroatoms. The quantitative estimate of drug-likeness (QED) is 0.781. The highest BCUT2D eigenvalue weighted by Crippen LogP contribution is 2.36. The average Bonchev–Trinajstić information content (AvgIpc) is 2.26. The number of thioether (sulfide) groups is 1. The Balaban J connectivity index is 2.74. The van der Waals surface area contributed by atoms with Crippen molar-refractivity contribution < 1.29 is 31.5 Å². The molecule has 112 valence electrons. The Morgan fingerprint density at radius 3 is 2.25 bits per heavy atom. The highest BCUT2D eigenvalue weighted by molar-refractivity contribution is 8.00. The number of carboxylic acids is 1. The predicted molar refractivity (Wildman–Crippen MR) is 65.8 cm³/mol. The summed E-state index contributed by atoms with van der Waals surface area (Å²) in [6.07, 6.45) is -0.388. The molecule has 1 aromatic rings. The third-order valence-electron chi connectivity index (χ3n) is 2.00. The molecule has 0 spiro atoms. The monoisotopic (exact) mass is 329 g/mol. The van der Waals surface area contributed by atoms with Gasteiger partial charge in [0.15, 0.2) is 0 Å². The van der Waals surface area contributed by atoms with E-state index < -0.39 is 21.5 Å². The number of carbonyl (C=O) groups is 1. The Morgan fingerprint density at radius 1 is 1.25 bits per heavy atom. The van der Waals surface area contributed by atoms with E-state index >= 15 is 0 Å². The van der Waals surface area contributed by atoms with Crippen LogP contribution in [0.3, 0.4) is 0 Å². The molecule has 0 bridgehead atoms. The van der Waals surface area contributed by atoms with Gasteiger partial charge in [-0.3, -0.25) is 4.79 Å². The number of rotatable bonds is 6. The van der Waals surface area contributed by atoms with Crippen molar-refractivity contribution in [3.63, 3.8) is 0 Å². The molecule has 0 amide bonds. The topological polar surface area (TPSA) is 83.5 Å². The van der Waals surface area contributed by atoms with Crippen molar-refractivity contribution in [2.24, 2.45) is 0 Å². The minimum absolute atomic E-state index is 0.137. The summed E-state index contributed by atoms with van der Waals surface area (Å²) in [6.45, 7) is -0.295. The second-order valence-corrected chi connectivity index (χ2v) is 6.47. The molecule has 1 aromatic carbocycles. The standard InChI is InChI=1S/C10H10F3NO4S2/c11-10(12,13)19-7-1-3-8(4-2-7)20(17,18)14-6-5-9(15)16/h1-4,14H,5-6H2,(H,15,16). The van der Waals surface area contributed by atoms with Crippen molar-refractivity contribution in [1.82, 2.24) is 4.72 Å². The number of aliphatic carboxylic acids is 1. The number of benzene rings is 1. The van der Waals surface area contributed by atoms with Gasteiger partial charge in [-0.05, 0) is 36.0 Å². The van der Waals surface area contributed by atoms with Gasteiger partial charge >= 0.3 is 11.5 Å². The molecule has 0 aliphatic heterocycles. The van der Waals surface area contributed by atoms with Crippen LogP contribution in [0, 0.1) is 0 Å². The molecule has 0 aliphatic rings. The zero-order chi connectivity index (χ0) is 15.4. The number of hydrogen-bond donors (Lipinski definition) is 2. The molecule has 0 aromatic heterocycles. The van der Waals surface area contributed by atoms with Gasteiger partial charge in [0.25, 0.3) is 0 Å². The summed E-state index contributed by atoms with van der Waals surface area (Å²) in [4.78, 5) is 9.89. The van der Waals surface area contributed by atoms with E-state index in [1.54, 1.807) is 0 Å². The molecule has 1 rings (SSSR count). The third kappa shape index (κ3) is 5.80. The van der Waals surface area contributed by atoms with Gasteiger partial charge in [-0.15, -0.1) is 0 Å². The van der Waals surface area contributed by atoms with Crippen molar-refractivity contribution in [1.29, 1.82) is 0 Å². The molecular formula is C10H10F3NO4S2. The SMILES string of the molecule is O=C(O)CCNS(=O)(=O)c1ccc(SC(F)(F)F)cc1. The number of hydrogen-bond acceptors (Lipinski definition) is 4. The summed E-state index contributed by atoms with van der Waals surface area (Å²) in [6, 6.07) is 4.11. The molecule has 0 fully saturated rings. The summed E-state index contributed by atoms with van der Waals surface area (Å²) >= 11 is -0.351.